The third-order valence-electron chi connectivity index (χ3n) is 6.95. The van der Waals surface area contributed by atoms with E-state index in [1.807, 2.05) is 30.3 Å². The number of hydrogen-bond donors (Lipinski definition) is 8. The number of carboxylic acids is 2. The second-order valence-corrected chi connectivity index (χ2v) is 10.3. The van der Waals surface area contributed by atoms with E-state index < -0.39 is 60.2 Å². The maximum absolute atomic E-state index is 13.7. The number of unbranched alkanes of at least 4 members (excludes halogenated alkanes) is 1. The van der Waals surface area contributed by atoms with Crippen LogP contribution < -0.4 is 27.4 Å². The molecule has 0 aliphatic rings. The fourth-order valence-electron chi connectivity index (χ4n) is 4.63. The highest BCUT2D eigenvalue weighted by Gasteiger charge is 2.32. The van der Waals surface area contributed by atoms with Gasteiger partial charge in [-0.2, -0.15) is 0 Å². The van der Waals surface area contributed by atoms with Crippen LogP contribution >= 0.6 is 0 Å². The maximum Gasteiger partial charge on any atom is 0.326 e. The summed E-state index contributed by atoms with van der Waals surface area (Å²) in [6.45, 7) is 0.461. The van der Waals surface area contributed by atoms with Crippen LogP contribution in [-0.2, 0) is 36.8 Å². The van der Waals surface area contributed by atoms with Gasteiger partial charge in [0, 0.05) is 29.9 Å². The number of H-pyrrole nitrogens is 1. The monoisotopic (exact) mass is 594 g/mol. The van der Waals surface area contributed by atoms with Crippen LogP contribution in [0.3, 0.4) is 0 Å². The molecule has 3 amide bonds. The summed E-state index contributed by atoms with van der Waals surface area (Å²) in [6.07, 6.45) is 2.55. The van der Waals surface area contributed by atoms with Crippen LogP contribution in [-0.4, -0.2) is 75.6 Å². The Morgan fingerprint density at radius 2 is 1.37 bits per heavy atom. The summed E-state index contributed by atoms with van der Waals surface area (Å²) >= 11 is 0. The zero-order valence-electron chi connectivity index (χ0n) is 23.6. The van der Waals surface area contributed by atoms with E-state index in [-0.39, 0.29) is 12.8 Å². The Hall–Kier alpha value is -4.75. The first-order valence-corrected chi connectivity index (χ1v) is 14.0. The summed E-state index contributed by atoms with van der Waals surface area (Å²) < 4.78 is 0. The van der Waals surface area contributed by atoms with Gasteiger partial charge >= 0.3 is 11.9 Å². The Kier molecular flexibility index (Phi) is 12.2. The van der Waals surface area contributed by atoms with Crippen LogP contribution in [0.1, 0.15) is 36.8 Å². The number of carboxylic acid groups (broad SMARTS) is 2. The lowest BCUT2D eigenvalue weighted by Gasteiger charge is -2.25. The molecule has 43 heavy (non-hydrogen) atoms. The number of para-hydroxylation sites is 1. The SMILES string of the molecule is NCCCCC(N)C(=O)NC(Cc1ccccc1)C(=O)NC(Cc1c[nH]c2ccccc12)C(=O)NC(CC(=O)O)C(=O)O. The van der Waals surface area contributed by atoms with Crippen molar-refractivity contribution in [2.75, 3.05) is 6.54 Å². The molecule has 1 heterocycles. The van der Waals surface area contributed by atoms with Crippen LogP contribution in [0, 0.1) is 0 Å². The molecule has 13 heteroatoms. The molecule has 0 aliphatic heterocycles. The zero-order valence-corrected chi connectivity index (χ0v) is 23.6. The van der Waals surface area contributed by atoms with E-state index in [0.717, 1.165) is 16.5 Å². The molecule has 0 aliphatic carbocycles. The molecule has 0 spiro atoms. The number of aromatic nitrogens is 1. The number of nitrogens with one attached hydrogen (secondary N) is 4. The predicted octanol–water partition coefficient (Wildman–Crippen LogP) is 0.423. The van der Waals surface area contributed by atoms with Gasteiger partial charge in [0.15, 0.2) is 0 Å². The molecule has 3 rings (SSSR count). The molecule has 0 saturated carbocycles. The van der Waals surface area contributed by atoms with E-state index in [1.54, 1.807) is 30.5 Å². The van der Waals surface area contributed by atoms with Crippen molar-refractivity contribution in [1.29, 1.82) is 0 Å². The Morgan fingerprint density at radius 3 is 2.02 bits per heavy atom. The lowest BCUT2D eigenvalue weighted by Crippen LogP contribution is -2.58. The standard InChI is InChI=1S/C30H38N6O7/c31-13-7-6-11-21(32)27(39)34-23(14-18-8-2-1-3-9-18)28(40)35-24(29(41)36-25(30(42)43)16-26(37)38)15-19-17-33-22-12-5-4-10-20(19)22/h1-5,8-10,12,17,21,23-25,33H,6-7,11,13-16,31-32H2,(H,34,39)(H,35,40)(H,36,41)(H,37,38)(H,42,43). The van der Waals surface area contributed by atoms with Gasteiger partial charge in [0.1, 0.15) is 18.1 Å². The molecule has 0 radical (unpaired) electrons. The molecule has 13 nitrogen and oxygen atoms in total. The van der Waals surface area contributed by atoms with Gasteiger partial charge in [0.2, 0.25) is 17.7 Å². The molecule has 0 saturated heterocycles. The molecule has 1 aromatic heterocycles. The molecular formula is C30H38N6O7. The molecular weight excluding hydrogens is 556 g/mol. The minimum Gasteiger partial charge on any atom is -0.481 e. The predicted molar refractivity (Wildman–Crippen MR) is 159 cm³/mol. The quantitative estimate of drug-likeness (QED) is 0.101. The highest BCUT2D eigenvalue weighted by Crippen LogP contribution is 2.19. The van der Waals surface area contributed by atoms with Crippen LogP contribution in [0.15, 0.2) is 60.8 Å². The van der Waals surface area contributed by atoms with Crippen molar-refractivity contribution < 1.29 is 34.2 Å². The number of carbonyl (C=O) groups excluding carboxylic acids is 3. The summed E-state index contributed by atoms with van der Waals surface area (Å²) in [7, 11) is 0. The van der Waals surface area contributed by atoms with Gasteiger partial charge in [0.25, 0.3) is 0 Å². The molecule has 0 fully saturated rings. The van der Waals surface area contributed by atoms with Gasteiger partial charge in [-0.1, -0.05) is 55.0 Å². The lowest BCUT2D eigenvalue weighted by atomic mass is 10.0. The van der Waals surface area contributed by atoms with Gasteiger partial charge in [-0.25, -0.2) is 4.79 Å². The van der Waals surface area contributed by atoms with E-state index in [9.17, 15) is 29.1 Å². The van der Waals surface area contributed by atoms with Crippen molar-refractivity contribution in [1.82, 2.24) is 20.9 Å². The van der Waals surface area contributed by atoms with E-state index in [0.29, 0.717) is 31.4 Å². The van der Waals surface area contributed by atoms with Crippen molar-refractivity contribution in [3.63, 3.8) is 0 Å². The van der Waals surface area contributed by atoms with Gasteiger partial charge in [-0.15, -0.1) is 0 Å². The second kappa shape index (κ2) is 16.0. The average molecular weight is 595 g/mol. The summed E-state index contributed by atoms with van der Waals surface area (Å²) in [4.78, 5) is 66.0. The maximum atomic E-state index is 13.7. The molecule has 10 N–H and O–H groups in total. The van der Waals surface area contributed by atoms with Crippen molar-refractivity contribution in [3.05, 3.63) is 71.9 Å². The van der Waals surface area contributed by atoms with Crippen LogP contribution in [0.5, 0.6) is 0 Å². The Bertz CT molecular complexity index is 1410. The highest BCUT2D eigenvalue weighted by molar-refractivity contribution is 5.95. The Morgan fingerprint density at radius 1 is 0.767 bits per heavy atom. The number of aliphatic carboxylic acids is 2. The topological polar surface area (TPSA) is 230 Å². The largest absolute Gasteiger partial charge is 0.481 e. The number of nitrogens with two attached hydrogens (primary N) is 2. The average Bonchev–Trinajstić information content (AvgIpc) is 3.39. The van der Waals surface area contributed by atoms with Crippen molar-refractivity contribution in [2.24, 2.45) is 11.5 Å². The van der Waals surface area contributed by atoms with E-state index >= 15 is 0 Å². The van der Waals surface area contributed by atoms with E-state index in [1.165, 1.54) is 0 Å². The summed E-state index contributed by atoms with van der Waals surface area (Å²) in [6, 6.07) is 11.2. The summed E-state index contributed by atoms with van der Waals surface area (Å²) in [5.41, 5.74) is 13.8. The normalized spacial score (nSPS) is 13.8. The first kappa shape index (κ1) is 32.8. The number of hydrogen-bond acceptors (Lipinski definition) is 7. The Labute approximate surface area is 248 Å². The number of rotatable bonds is 17. The Balaban J connectivity index is 1.87. The number of carbonyl (C=O) groups is 5. The van der Waals surface area contributed by atoms with Crippen LogP contribution in [0.2, 0.25) is 0 Å². The molecule has 4 unspecified atom stereocenters. The highest BCUT2D eigenvalue weighted by atomic mass is 16.4. The third-order valence-corrected chi connectivity index (χ3v) is 6.95. The molecule has 0 bridgehead atoms. The fourth-order valence-corrected chi connectivity index (χ4v) is 4.63. The van der Waals surface area contributed by atoms with E-state index in [2.05, 4.69) is 20.9 Å². The molecule has 2 aromatic carbocycles. The van der Waals surface area contributed by atoms with E-state index in [4.69, 9.17) is 16.6 Å². The lowest BCUT2D eigenvalue weighted by molar-refractivity contribution is -0.147. The number of fused-ring (bicyclic) bond motifs is 1. The minimum atomic E-state index is -1.72. The summed E-state index contributed by atoms with van der Waals surface area (Å²) in [5.74, 6) is -5.09. The first-order chi connectivity index (χ1) is 20.6. The van der Waals surface area contributed by atoms with Crippen molar-refractivity contribution >= 4 is 40.6 Å². The van der Waals surface area contributed by atoms with Crippen molar-refractivity contribution in [2.45, 2.75) is 62.7 Å². The number of aromatic amines is 1. The van der Waals surface area contributed by atoms with Crippen LogP contribution in [0.25, 0.3) is 10.9 Å². The van der Waals surface area contributed by atoms with Gasteiger partial charge in [-0.05, 0) is 36.6 Å². The third kappa shape index (κ3) is 9.94. The van der Waals surface area contributed by atoms with Gasteiger partial charge in [0.05, 0.1) is 12.5 Å². The number of benzene rings is 2. The second-order valence-electron chi connectivity index (χ2n) is 10.3. The van der Waals surface area contributed by atoms with Gasteiger partial charge < -0.3 is 42.6 Å². The zero-order chi connectivity index (χ0) is 31.4. The first-order valence-electron chi connectivity index (χ1n) is 14.0. The van der Waals surface area contributed by atoms with Crippen LogP contribution in [0.4, 0.5) is 0 Å². The molecule has 230 valence electrons. The fraction of sp³-hybridized carbons (Fsp3) is 0.367. The minimum absolute atomic E-state index is 0.0500. The van der Waals surface area contributed by atoms with Crippen molar-refractivity contribution in [3.8, 4) is 0 Å². The summed E-state index contributed by atoms with van der Waals surface area (Å²) in [5, 5.41) is 27.0. The van der Waals surface area contributed by atoms with Gasteiger partial charge in [-0.3, -0.25) is 19.2 Å². The molecule has 3 aromatic rings. The smallest absolute Gasteiger partial charge is 0.326 e. The number of amides is 3. The molecule has 4 atom stereocenters.